The average molecular weight is 285 g/mol. The Kier molecular flexibility index (Phi) is 3.98. The maximum Gasteiger partial charge on any atom is 0.188 e. The number of Topliss-reactive ketones (excluding diaryl/α,β-unsaturated/α-hetero) is 1. The van der Waals surface area contributed by atoms with Crippen molar-refractivity contribution in [2.24, 2.45) is 0 Å². The molecular weight excluding hydrogens is 272 g/mol. The summed E-state index contributed by atoms with van der Waals surface area (Å²) < 4.78 is 1.64. The molecule has 0 saturated heterocycles. The van der Waals surface area contributed by atoms with E-state index in [0.717, 1.165) is 6.42 Å². The van der Waals surface area contributed by atoms with E-state index in [0.29, 0.717) is 28.1 Å². The number of carbonyl (C=O) groups excluding carboxylic acids is 1. The predicted molar refractivity (Wildman–Crippen MR) is 72.1 cm³/mol. The van der Waals surface area contributed by atoms with E-state index in [1.807, 2.05) is 6.92 Å². The van der Waals surface area contributed by atoms with Gasteiger partial charge in [0.2, 0.25) is 0 Å². The van der Waals surface area contributed by atoms with Gasteiger partial charge in [-0.2, -0.15) is 5.10 Å². The van der Waals surface area contributed by atoms with Gasteiger partial charge in [0.1, 0.15) is 5.69 Å². The smallest absolute Gasteiger partial charge is 0.188 e. The number of nitrogens with zero attached hydrogens (tertiary/aromatic N) is 3. The molecule has 0 radical (unpaired) electrons. The Balaban J connectivity index is 2.20. The summed E-state index contributed by atoms with van der Waals surface area (Å²) in [5, 5.41) is 6.72. The molecule has 0 bridgehead atoms. The number of aromatic nitrogens is 3. The highest BCUT2D eigenvalue weighted by atomic mass is 35.5. The van der Waals surface area contributed by atoms with E-state index in [4.69, 9.17) is 17.3 Å². The highest BCUT2D eigenvalue weighted by Gasteiger charge is 2.18. The maximum atomic E-state index is 12.2. The fourth-order valence-electron chi connectivity index (χ4n) is 1.67. The van der Waals surface area contributed by atoms with Crippen LogP contribution in [0.15, 0.2) is 11.6 Å². The zero-order valence-corrected chi connectivity index (χ0v) is 11.5. The van der Waals surface area contributed by atoms with Gasteiger partial charge < -0.3 is 5.73 Å². The Morgan fingerprint density at radius 3 is 3.00 bits per heavy atom. The number of ketones is 1. The quantitative estimate of drug-likeness (QED) is 0.856. The lowest BCUT2D eigenvalue weighted by atomic mass is 10.2. The SMILES string of the molecule is CCCn1ncc(Cl)c1C(=O)Cc1csc(N)n1. The van der Waals surface area contributed by atoms with E-state index in [9.17, 15) is 4.79 Å². The first-order valence-electron chi connectivity index (χ1n) is 5.56. The highest BCUT2D eigenvalue weighted by molar-refractivity contribution is 7.13. The Hall–Kier alpha value is -1.40. The van der Waals surface area contributed by atoms with Crippen molar-refractivity contribution in [3.63, 3.8) is 0 Å². The molecule has 0 aliphatic heterocycles. The van der Waals surface area contributed by atoms with Crippen molar-refractivity contribution in [2.45, 2.75) is 26.3 Å². The van der Waals surface area contributed by atoms with Gasteiger partial charge in [-0.05, 0) is 6.42 Å². The standard InChI is InChI=1S/C11H13ClN4OS/c1-2-3-16-10(8(12)5-14-16)9(17)4-7-6-18-11(13)15-7/h5-6H,2-4H2,1H3,(H2,13,15). The van der Waals surface area contributed by atoms with E-state index >= 15 is 0 Å². The molecule has 2 heterocycles. The van der Waals surface area contributed by atoms with Gasteiger partial charge in [0, 0.05) is 11.9 Å². The lowest BCUT2D eigenvalue weighted by Crippen LogP contribution is -2.13. The molecule has 0 unspecified atom stereocenters. The molecule has 0 spiro atoms. The molecule has 5 nitrogen and oxygen atoms in total. The van der Waals surface area contributed by atoms with E-state index in [-0.39, 0.29) is 12.2 Å². The number of rotatable bonds is 5. The summed E-state index contributed by atoms with van der Waals surface area (Å²) in [6, 6.07) is 0. The molecule has 0 aromatic carbocycles. The second kappa shape index (κ2) is 5.49. The molecule has 2 rings (SSSR count). The molecule has 0 fully saturated rings. The Bertz CT molecular complexity index is 563. The monoisotopic (exact) mass is 284 g/mol. The van der Waals surface area contributed by atoms with Crippen molar-refractivity contribution in [1.82, 2.24) is 14.8 Å². The summed E-state index contributed by atoms with van der Waals surface area (Å²) in [5.74, 6) is -0.0868. The van der Waals surface area contributed by atoms with Crippen LogP contribution in [-0.4, -0.2) is 20.5 Å². The van der Waals surface area contributed by atoms with Crippen LogP contribution in [0.2, 0.25) is 5.02 Å². The summed E-state index contributed by atoms with van der Waals surface area (Å²) in [6.45, 7) is 2.69. The van der Waals surface area contributed by atoms with E-state index in [2.05, 4.69) is 10.1 Å². The molecule has 2 aromatic heterocycles. The van der Waals surface area contributed by atoms with Crippen LogP contribution in [0.25, 0.3) is 0 Å². The van der Waals surface area contributed by atoms with Crippen LogP contribution in [0.3, 0.4) is 0 Å². The van der Waals surface area contributed by atoms with Gasteiger partial charge in [-0.25, -0.2) is 4.98 Å². The third kappa shape index (κ3) is 2.70. The van der Waals surface area contributed by atoms with Crippen molar-refractivity contribution >= 4 is 33.9 Å². The van der Waals surface area contributed by atoms with Crippen LogP contribution >= 0.6 is 22.9 Å². The lowest BCUT2D eigenvalue weighted by Gasteiger charge is -2.04. The second-order valence-corrected chi connectivity index (χ2v) is 5.14. The number of thiazole rings is 1. The molecule has 18 heavy (non-hydrogen) atoms. The molecule has 2 aromatic rings. The molecule has 0 amide bonds. The Morgan fingerprint density at radius 1 is 1.61 bits per heavy atom. The average Bonchev–Trinajstić information content (AvgIpc) is 2.86. The van der Waals surface area contributed by atoms with Crippen molar-refractivity contribution in [1.29, 1.82) is 0 Å². The van der Waals surface area contributed by atoms with Crippen LogP contribution in [0.5, 0.6) is 0 Å². The third-order valence-electron chi connectivity index (χ3n) is 2.41. The van der Waals surface area contributed by atoms with Crippen LogP contribution in [0, 0.1) is 0 Å². The van der Waals surface area contributed by atoms with E-state index in [1.54, 1.807) is 10.1 Å². The fourth-order valence-corrected chi connectivity index (χ4v) is 2.48. The molecular formula is C11H13ClN4OS. The minimum Gasteiger partial charge on any atom is -0.375 e. The second-order valence-electron chi connectivity index (χ2n) is 3.84. The number of nitrogens with two attached hydrogens (primary N) is 1. The maximum absolute atomic E-state index is 12.2. The van der Waals surface area contributed by atoms with Crippen LogP contribution < -0.4 is 5.73 Å². The van der Waals surface area contributed by atoms with Crippen LogP contribution in [0.1, 0.15) is 29.5 Å². The minimum absolute atomic E-state index is 0.0868. The van der Waals surface area contributed by atoms with Crippen molar-refractivity contribution in [2.75, 3.05) is 5.73 Å². The molecule has 2 N–H and O–H groups in total. The van der Waals surface area contributed by atoms with Crippen LogP contribution in [0.4, 0.5) is 5.13 Å². The molecule has 0 saturated carbocycles. The van der Waals surface area contributed by atoms with Crippen molar-refractivity contribution in [3.05, 3.63) is 28.0 Å². The van der Waals surface area contributed by atoms with Crippen molar-refractivity contribution < 1.29 is 4.79 Å². The minimum atomic E-state index is -0.0868. The van der Waals surface area contributed by atoms with Gasteiger partial charge in [-0.15, -0.1) is 11.3 Å². The Labute approximate surface area is 114 Å². The first-order valence-corrected chi connectivity index (χ1v) is 6.82. The first-order chi connectivity index (χ1) is 8.61. The van der Waals surface area contributed by atoms with Gasteiger partial charge in [-0.1, -0.05) is 18.5 Å². The van der Waals surface area contributed by atoms with Gasteiger partial charge in [0.15, 0.2) is 10.9 Å². The normalized spacial score (nSPS) is 10.8. The number of hydrogen-bond acceptors (Lipinski definition) is 5. The summed E-state index contributed by atoms with van der Waals surface area (Å²) in [6.07, 6.45) is 2.59. The highest BCUT2D eigenvalue weighted by Crippen LogP contribution is 2.19. The molecule has 0 aliphatic carbocycles. The number of hydrogen-bond donors (Lipinski definition) is 1. The lowest BCUT2D eigenvalue weighted by molar-refractivity contribution is 0.0982. The summed E-state index contributed by atoms with van der Waals surface area (Å²) >= 11 is 7.32. The Morgan fingerprint density at radius 2 is 2.39 bits per heavy atom. The molecule has 7 heteroatoms. The van der Waals surface area contributed by atoms with E-state index < -0.39 is 0 Å². The number of aryl methyl sites for hydroxylation is 1. The molecule has 96 valence electrons. The topological polar surface area (TPSA) is 73.8 Å². The number of carbonyl (C=O) groups is 1. The summed E-state index contributed by atoms with van der Waals surface area (Å²) in [7, 11) is 0. The predicted octanol–water partition coefficient (Wildman–Crippen LogP) is 2.41. The zero-order chi connectivity index (χ0) is 13.1. The molecule has 0 atom stereocenters. The van der Waals surface area contributed by atoms with Crippen molar-refractivity contribution in [3.8, 4) is 0 Å². The van der Waals surface area contributed by atoms with Gasteiger partial charge in [0.05, 0.1) is 23.3 Å². The number of anilines is 1. The number of nitrogen functional groups attached to an aromatic ring is 1. The summed E-state index contributed by atoms with van der Waals surface area (Å²) in [5.41, 5.74) is 6.65. The van der Waals surface area contributed by atoms with Gasteiger partial charge >= 0.3 is 0 Å². The first kappa shape index (κ1) is 13.0. The fraction of sp³-hybridized carbons (Fsp3) is 0.364. The van der Waals surface area contributed by atoms with Crippen LogP contribution in [-0.2, 0) is 13.0 Å². The van der Waals surface area contributed by atoms with E-state index in [1.165, 1.54) is 17.5 Å². The summed E-state index contributed by atoms with van der Waals surface area (Å²) in [4.78, 5) is 16.2. The van der Waals surface area contributed by atoms with Gasteiger partial charge in [0.25, 0.3) is 0 Å². The van der Waals surface area contributed by atoms with Gasteiger partial charge in [-0.3, -0.25) is 9.48 Å². The molecule has 0 aliphatic rings. The third-order valence-corrected chi connectivity index (χ3v) is 3.40. The number of halogens is 1. The zero-order valence-electron chi connectivity index (χ0n) is 9.89. The largest absolute Gasteiger partial charge is 0.375 e.